The van der Waals surface area contributed by atoms with Crippen molar-refractivity contribution >= 4 is 17.4 Å². The Hall–Kier alpha value is -2.30. The van der Waals surface area contributed by atoms with Gasteiger partial charge in [0.1, 0.15) is 5.76 Å². The smallest absolute Gasteiger partial charge is 0.243 e. The highest BCUT2D eigenvalue weighted by molar-refractivity contribution is 5.93. The fraction of sp³-hybridized carbons (Fsp3) is 0.231. The number of aromatic nitrogens is 1. The number of amides is 1. The Bertz CT molecular complexity index is 531. The van der Waals surface area contributed by atoms with E-state index in [9.17, 15) is 4.79 Å². The molecule has 94 valence electrons. The van der Waals surface area contributed by atoms with Crippen LogP contribution in [0.4, 0.5) is 11.5 Å². The Morgan fingerprint density at radius 3 is 2.61 bits per heavy atom. The molecule has 5 heteroatoms. The molecule has 2 N–H and O–H groups in total. The van der Waals surface area contributed by atoms with Crippen LogP contribution in [-0.2, 0) is 4.79 Å². The van der Waals surface area contributed by atoms with Gasteiger partial charge in [-0.25, -0.2) is 0 Å². The van der Waals surface area contributed by atoms with Crippen LogP contribution in [0.25, 0.3) is 0 Å². The number of hydrogen-bond donors (Lipinski definition) is 2. The number of hydrogen-bond acceptors (Lipinski definition) is 4. The third kappa shape index (κ3) is 3.35. The van der Waals surface area contributed by atoms with Crippen molar-refractivity contribution < 1.29 is 9.32 Å². The van der Waals surface area contributed by atoms with Crippen molar-refractivity contribution in [3.63, 3.8) is 0 Å². The lowest BCUT2D eigenvalue weighted by Crippen LogP contribution is -2.21. The molecule has 1 heterocycles. The first-order valence-electron chi connectivity index (χ1n) is 5.67. The Labute approximate surface area is 105 Å². The van der Waals surface area contributed by atoms with Crippen molar-refractivity contribution in [2.24, 2.45) is 0 Å². The molecule has 0 spiro atoms. The van der Waals surface area contributed by atoms with E-state index in [1.54, 1.807) is 13.0 Å². The summed E-state index contributed by atoms with van der Waals surface area (Å²) in [6.45, 7) is 3.95. The van der Waals surface area contributed by atoms with Crippen LogP contribution in [0.15, 0.2) is 34.9 Å². The van der Waals surface area contributed by atoms with Crippen LogP contribution in [-0.4, -0.2) is 17.6 Å². The van der Waals surface area contributed by atoms with Gasteiger partial charge in [0.15, 0.2) is 5.82 Å². The largest absolute Gasteiger partial charge is 0.360 e. The molecule has 0 fully saturated rings. The number of nitrogens with one attached hydrogen (secondary N) is 2. The predicted molar refractivity (Wildman–Crippen MR) is 69.5 cm³/mol. The van der Waals surface area contributed by atoms with E-state index in [-0.39, 0.29) is 12.5 Å². The van der Waals surface area contributed by atoms with Crippen molar-refractivity contribution in [1.82, 2.24) is 5.16 Å². The molecule has 0 unspecified atom stereocenters. The summed E-state index contributed by atoms with van der Waals surface area (Å²) in [7, 11) is 0. The molecular formula is C13H15N3O2. The molecule has 1 amide bonds. The lowest BCUT2D eigenvalue weighted by molar-refractivity contribution is -0.114. The van der Waals surface area contributed by atoms with Crippen LogP contribution >= 0.6 is 0 Å². The topological polar surface area (TPSA) is 67.2 Å². The molecule has 2 rings (SSSR count). The molecule has 1 aromatic heterocycles. The average molecular weight is 245 g/mol. The van der Waals surface area contributed by atoms with E-state index < -0.39 is 0 Å². The van der Waals surface area contributed by atoms with Gasteiger partial charge in [0.2, 0.25) is 5.91 Å². The maximum absolute atomic E-state index is 11.6. The molecule has 0 atom stereocenters. The zero-order valence-electron chi connectivity index (χ0n) is 10.4. The summed E-state index contributed by atoms with van der Waals surface area (Å²) in [5, 5.41) is 9.41. The molecule has 1 aromatic carbocycles. The Kier molecular flexibility index (Phi) is 3.62. The molecule has 0 aliphatic rings. The van der Waals surface area contributed by atoms with Crippen LogP contribution in [0.3, 0.4) is 0 Å². The molecule has 0 radical (unpaired) electrons. The zero-order valence-corrected chi connectivity index (χ0v) is 10.4. The Morgan fingerprint density at radius 1 is 1.28 bits per heavy atom. The number of rotatable bonds is 4. The predicted octanol–water partition coefficient (Wildman–Crippen LogP) is 2.34. The highest BCUT2D eigenvalue weighted by Crippen LogP contribution is 2.09. The summed E-state index contributed by atoms with van der Waals surface area (Å²) in [4.78, 5) is 11.6. The van der Waals surface area contributed by atoms with Gasteiger partial charge >= 0.3 is 0 Å². The van der Waals surface area contributed by atoms with E-state index in [0.29, 0.717) is 11.6 Å². The number of nitrogens with zero attached hydrogens (tertiary/aromatic N) is 1. The molecule has 0 saturated carbocycles. The van der Waals surface area contributed by atoms with Gasteiger partial charge in [-0.05, 0) is 26.0 Å². The fourth-order valence-corrected chi connectivity index (χ4v) is 1.46. The number of carbonyl (C=O) groups excluding carboxylic acids is 1. The van der Waals surface area contributed by atoms with Crippen molar-refractivity contribution in [2.75, 3.05) is 17.2 Å². The van der Waals surface area contributed by atoms with E-state index in [0.717, 1.165) is 11.3 Å². The molecular weight excluding hydrogens is 230 g/mol. The summed E-state index contributed by atoms with van der Waals surface area (Å²) < 4.78 is 4.88. The maximum atomic E-state index is 11.6. The molecule has 18 heavy (non-hydrogen) atoms. The van der Waals surface area contributed by atoms with Gasteiger partial charge in [-0.3, -0.25) is 4.79 Å². The maximum Gasteiger partial charge on any atom is 0.243 e. The first-order valence-corrected chi connectivity index (χ1v) is 5.67. The van der Waals surface area contributed by atoms with Crippen molar-refractivity contribution in [3.05, 3.63) is 41.7 Å². The highest BCUT2D eigenvalue weighted by Gasteiger charge is 2.04. The van der Waals surface area contributed by atoms with Gasteiger partial charge < -0.3 is 15.2 Å². The van der Waals surface area contributed by atoms with Gasteiger partial charge in [-0.2, -0.15) is 0 Å². The van der Waals surface area contributed by atoms with E-state index in [1.165, 1.54) is 0 Å². The SMILES string of the molecule is Cc1ccc(NC(=O)CNc2cc(C)on2)cc1. The van der Waals surface area contributed by atoms with Crippen LogP contribution in [0.2, 0.25) is 0 Å². The minimum Gasteiger partial charge on any atom is -0.360 e. The minimum atomic E-state index is -0.125. The van der Waals surface area contributed by atoms with E-state index in [4.69, 9.17) is 4.52 Å². The van der Waals surface area contributed by atoms with Crippen LogP contribution in [0, 0.1) is 13.8 Å². The summed E-state index contributed by atoms with van der Waals surface area (Å²) >= 11 is 0. The monoisotopic (exact) mass is 245 g/mol. The van der Waals surface area contributed by atoms with Gasteiger partial charge in [0, 0.05) is 11.8 Å². The van der Waals surface area contributed by atoms with Gasteiger partial charge in [-0.15, -0.1) is 0 Å². The standard InChI is InChI=1S/C13H15N3O2/c1-9-3-5-11(6-4-9)15-13(17)8-14-12-7-10(2)18-16-12/h3-7H,8H2,1-2H3,(H,14,16)(H,15,17). The third-order valence-electron chi connectivity index (χ3n) is 2.39. The second kappa shape index (κ2) is 5.35. The van der Waals surface area contributed by atoms with Gasteiger partial charge in [0.25, 0.3) is 0 Å². The van der Waals surface area contributed by atoms with Crippen molar-refractivity contribution in [2.45, 2.75) is 13.8 Å². The summed E-state index contributed by atoms with van der Waals surface area (Å²) in [5.74, 6) is 1.14. The number of anilines is 2. The Balaban J connectivity index is 1.83. The number of carbonyl (C=O) groups is 1. The summed E-state index contributed by atoms with van der Waals surface area (Å²) in [5.41, 5.74) is 1.94. The van der Waals surface area contributed by atoms with E-state index >= 15 is 0 Å². The highest BCUT2D eigenvalue weighted by atomic mass is 16.5. The van der Waals surface area contributed by atoms with Crippen molar-refractivity contribution in [1.29, 1.82) is 0 Å². The van der Waals surface area contributed by atoms with E-state index in [2.05, 4.69) is 15.8 Å². The number of benzene rings is 1. The van der Waals surface area contributed by atoms with Crippen LogP contribution in [0.1, 0.15) is 11.3 Å². The molecule has 2 aromatic rings. The number of aryl methyl sites for hydroxylation is 2. The lowest BCUT2D eigenvalue weighted by atomic mass is 10.2. The first-order chi connectivity index (χ1) is 8.63. The van der Waals surface area contributed by atoms with Crippen LogP contribution in [0.5, 0.6) is 0 Å². The summed E-state index contributed by atoms with van der Waals surface area (Å²) in [6.07, 6.45) is 0. The molecule has 5 nitrogen and oxygen atoms in total. The lowest BCUT2D eigenvalue weighted by Gasteiger charge is -2.05. The van der Waals surface area contributed by atoms with Gasteiger partial charge in [0.05, 0.1) is 6.54 Å². The third-order valence-corrected chi connectivity index (χ3v) is 2.39. The average Bonchev–Trinajstić information content (AvgIpc) is 2.76. The molecule has 0 saturated heterocycles. The second-order valence-corrected chi connectivity index (χ2v) is 4.09. The van der Waals surface area contributed by atoms with E-state index in [1.807, 2.05) is 31.2 Å². The van der Waals surface area contributed by atoms with Crippen LogP contribution < -0.4 is 10.6 Å². The van der Waals surface area contributed by atoms with Crippen molar-refractivity contribution in [3.8, 4) is 0 Å². The molecule has 0 bridgehead atoms. The first kappa shape index (κ1) is 12.2. The normalized spacial score (nSPS) is 10.1. The quantitative estimate of drug-likeness (QED) is 0.867. The minimum absolute atomic E-state index is 0.125. The zero-order chi connectivity index (χ0) is 13.0. The fourth-order valence-electron chi connectivity index (χ4n) is 1.46. The van der Waals surface area contributed by atoms with Gasteiger partial charge in [-0.1, -0.05) is 22.9 Å². The second-order valence-electron chi connectivity index (χ2n) is 4.09. The molecule has 0 aliphatic heterocycles. The molecule has 0 aliphatic carbocycles. The summed E-state index contributed by atoms with van der Waals surface area (Å²) in [6, 6.07) is 9.37. The Morgan fingerprint density at radius 2 is 2.00 bits per heavy atom.